The number of aromatic nitrogens is 6. The van der Waals surface area contributed by atoms with Crippen molar-refractivity contribution in [2.75, 3.05) is 13.7 Å². The minimum Gasteiger partial charge on any atom is -0.383 e. The molecule has 162 valence electrons. The van der Waals surface area contributed by atoms with E-state index in [1.54, 1.807) is 10.6 Å². The first kappa shape index (κ1) is 20.6. The molecule has 0 fully saturated rings. The SMILES string of the molecule is COCCn1c(-c2cn[nH]c2Cc2cccc(C(F)(F)F)c2)nc2[nH]c(=O)[nH]c(=O)c21. The minimum atomic E-state index is -4.45. The number of halogens is 3. The summed E-state index contributed by atoms with van der Waals surface area (Å²) in [6.45, 7) is 0.517. The highest BCUT2D eigenvalue weighted by molar-refractivity contribution is 5.76. The topological polar surface area (TPSA) is 121 Å². The fourth-order valence-corrected chi connectivity index (χ4v) is 3.38. The smallest absolute Gasteiger partial charge is 0.383 e. The van der Waals surface area contributed by atoms with Crippen molar-refractivity contribution in [2.24, 2.45) is 0 Å². The Morgan fingerprint density at radius 2 is 2.00 bits per heavy atom. The van der Waals surface area contributed by atoms with Crippen LogP contribution in [0.5, 0.6) is 0 Å². The Morgan fingerprint density at radius 3 is 2.74 bits per heavy atom. The van der Waals surface area contributed by atoms with Crippen LogP contribution in [-0.2, 0) is 23.9 Å². The van der Waals surface area contributed by atoms with Crippen LogP contribution in [0.2, 0.25) is 0 Å². The van der Waals surface area contributed by atoms with Gasteiger partial charge in [-0.1, -0.05) is 18.2 Å². The van der Waals surface area contributed by atoms with Crippen molar-refractivity contribution >= 4 is 11.2 Å². The van der Waals surface area contributed by atoms with E-state index < -0.39 is 23.0 Å². The quantitative estimate of drug-likeness (QED) is 0.429. The molecule has 3 N–H and O–H groups in total. The third-order valence-electron chi connectivity index (χ3n) is 4.76. The number of nitrogens with zero attached hydrogens (tertiary/aromatic N) is 3. The molecule has 3 aromatic heterocycles. The molecule has 0 spiro atoms. The lowest BCUT2D eigenvalue weighted by Gasteiger charge is -2.10. The lowest BCUT2D eigenvalue weighted by Crippen LogP contribution is -2.23. The van der Waals surface area contributed by atoms with Crippen LogP contribution in [-0.4, -0.2) is 43.4 Å². The third kappa shape index (κ3) is 4.01. The molecule has 4 aromatic rings. The number of alkyl halides is 3. The average Bonchev–Trinajstić information content (AvgIpc) is 3.29. The first-order valence-corrected chi connectivity index (χ1v) is 9.18. The van der Waals surface area contributed by atoms with E-state index in [0.29, 0.717) is 22.6 Å². The van der Waals surface area contributed by atoms with Crippen LogP contribution >= 0.6 is 0 Å². The molecule has 0 saturated carbocycles. The highest BCUT2D eigenvalue weighted by Gasteiger charge is 2.30. The summed E-state index contributed by atoms with van der Waals surface area (Å²) < 4.78 is 45.8. The Kier molecular flexibility index (Phi) is 5.23. The van der Waals surface area contributed by atoms with Gasteiger partial charge in [-0.25, -0.2) is 9.78 Å². The summed E-state index contributed by atoms with van der Waals surface area (Å²) in [5.74, 6) is 0.329. The fourth-order valence-electron chi connectivity index (χ4n) is 3.38. The Morgan fingerprint density at radius 1 is 1.19 bits per heavy atom. The van der Waals surface area contributed by atoms with Gasteiger partial charge in [0.05, 0.1) is 29.6 Å². The number of nitrogens with one attached hydrogen (secondary N) is 3. The number of fused-ring (bicyclic) bond motifs is 1. The number of hydrogen-bond acceptors (Lipinski definition) is 5. The second-order valence-electron chi connectivity index (χ2n) is 6.82. The van der Waals surface area contributed by atoms with Gasteiger partial charge >= 0.3 is 11.9 Å². The van der Waals surface area contributed by atoms with E-state index in [4.69, 9.17) is 4.74 Å². The molecule has 0 saturated heterocycles. The number of hydrogen-bond donors (Lipinski definition) is 3. The molecular formula is C19H17F3N6O3. The molecular weight excluding hydrogens is 417 g/mol. The van der Waals surface area contributed by atoms with Crippen LogP contribution < -0.4 is 11.2 Å². The molecule has 0 aliphatic carbocycles. The zero-order valence-electron chi connectivity index (χ0n) is 16.2. The number of ether oxygens (including phenoxy) is 1. The second-order valence-corrected chi connectivity index (χ2v) is 6.82. The summed E-state index contributed by atoms with van der Waals surface area (Å²) in [7, 11) is 1.50. The van der Waals surface area contributed by atoms with Crippen molar-refractivity contribution in [3.63, 3.8) is 0 Å². The van der Waals surface area contributed by atoms with Crippen molar-refractivity contribution in [3.8, 4) is 11.4 Å². The Bertz CT molecular complexity index is 1350. The summed E-state index contributed by atoms with van der Waals surface area (Å²) >= 11 is 0. The molecule has 0 atom stereocenters. The number of imidazole rings is 1. The van der Waals surface area contributed by atoms with E-state index in [1.165, 1.54) is 19.4 Å². The standard InChI is InChI=1S/C19H17F3N6O3/c1-31-6-5-28-14-15(25-18(30)26-17(14)29)24-16(28)12-9-23-27-13(12)8-10-3-2-4-11(7-10)19(20,21)22/h2-4,7,9H,5-6,8H2,1H3,(H,23,27)(H2,25,26,29,30). The molecule has 0 amide bonds. The molecule has 3 heterocycles. The van der Waals surface area contributed by atoms with Gasteiger partial charge < -0.3 is 9.30 Å². The first-order valence-electron chi connectivity index (χ1n) is 9.18. The van der Waals surface area contributed by atoms with Crippen molar-refractivity contribution in [2.45, 2.75) is 19.1 Å². The molecule has 31 heavy (non-hydrogen) atoms. The second kappa shape index (κ2) is 7.87. The summed E-state index contributed by atoms with van der Waals surface area (Å²) in [5, 5.41) is 6.80. The maximum Gasteiger partial charge on any atom is 0.416 e. The highest BCUT2D eigenvalue weighted by atomic mass is 19.4. The summed E-state index contributed by atoms with van der Waals surface area (Å²) in [5.41, 5.74) is -0.400. The number of aromatic amines is 3. The van der Waals surface area contributed by atoms with E-state index in [1.807, 2.05) is 0 Å². The number of H-pyrrole nitrogens is 3. The largest absolute Gasteiger partial charge is 0.416 e. The minimum absolute atomic E-state index is 0.0890. The van der Waals surface area contributed by atoms with Crippen LogP contribution in [0, 0.1) is 0 Å². The molecule has 9 nitrogen and oxygen atoms in total. The van der Waals surface area contributed by atoms with E-state index in [9.17, 15) is 22.8 Å². The van der Waals surface area contributed by atoms with Gasteiger partial charge in [0.15, 0.2) is 11.2 Å². The molecule has 12 heteroatoms. The number of rotatable bonds is 6. The number of benzene rings is 1. The van der Waals surface area contributed by atoms with Crippen molar-refractivity contribution < 1.29 is 17.9 Å². The molecule has 0 aliphatic heterocycles. The molecule has 0 unspecified atom stereocenters. The Balaban J connectivity index is 1.81. The lowest BCUT2D eigenvalue weighted by atomic mass is 10.0. The van der Waals surface area contributed by atoms with Gasteiger partial charge in [0, 0.05) is 20.1 Å². The molecule has 0 bridgehead atoms. The van der Waals surface area contributed by atoms with E-state index in [0.717, 1.165) is 12.1 Å². The summed E-state index contributed by atoms with van der Waals surface area (Å²) in [4.78, 5) is 33.0. The Labute approximate surface area is 171 Å². The van der Waals surface area contributed by atoms with Crippen LogP contribution in [0.15, 0.2) is 40.1 Å². The average molecular weight is 434 g/mol. The van der Waals surface area contributed by atoms with Gasteiger partial charge in [0.1, 0.15) is 5.82 Å². The van der Waals surface area contributed by atoms with Crippen LogP contribution in [0.25, 0.3) is 22.6 Å². The third-order valence-corrected chi connectivity index (χ3v) is 4.76. The molecule has 0 aliphatic rings. The van der Waals surface area contributed by atoms with Gasteiger partial charge in [0.2, 0.25) is 0 Å². The van der Waals surface area contributed by atoms with E-state index in [2.05, 4.69) is 25.1 Å². The normalized spacial score (nSPS) is 12.0. The summed E-state index contributed by atoms with van der Waals surface area (Å²) in [6, 6.07) is 4.99. The predicted molar refractivity (Wildman–Crippen MR) is 105 cm³/mol. The monoisotopic (exact) mass is 434 g/mol. The number of methoxy groups -OCH3 is 1. The van der Waals surface area contributed by atoms with Gasteiger partial charge in [-0.3, -0.25) is 19.9 Å². The van der Waals surface area contributed by atoms with Gasteiger partial charge in [0.25, 0.3) is 5.56 Å². The van der Waals surface area contributed by atoms with Gasteiger partial charge in [-0.15, -0.1) is 0 Å². The fraction of sp³-hybridized carbons (Fsp3) is 0.263. The molecule has 1 aromatic carbocycles. The van der Waals surface area contributed by atoms with Gasteiger partial charge in [-0.2, -0.15) is 18.3 Å². The van der Waals surface area contributed by atoms with E-state index >= 15 is 0 Å². The first-order chi connectivity index (χ1) is 14.8. The lowest BCUT2D eigenvalue weighted by molar-refractivity contribution is -0.137. The van der Waals surface area contributed by atoms with Crippen molar-refractivity contribution in [1.82, 2.24) is 29.7 Å². The maximum atomic E-state index is 13.0. The van der Waals surface area contributed by atoms with Crippen molar-refractivity contribution in [3.05, 3.63) is 68.1 Å². The predicted octanol–water partition coefficient (Wildman–Crippen LogP) is 2.06. The molecule has 0 radical (unpaired) electrons. The van der Waals surface area contributed by atoms with Crippen LogP contribution in [0.3, 0.4) is 0 Å². The van der Waals surface area contributed by atoms with Crippen LogP contribution in [0.1, 0.15) is 16.8 Å². The Hall–Kier alpha value is -3.67. The molecule has 4 rings (SSSR count). The van der Waals surface area contributed by atoms with Gasteiger partial charge in [-0.05, 0) is 11.6 Å². The maximum absolute atomic E-state index is 13.0. The van der Waals surface area contributed by atoms with E-state index in [-0.39, 0.29) is 30.7 Å². The zero-order chi connectivity index (χ0) is 22.2. The zero-order valence-corrected chi connectivity index (χ0v) is 16.2. The van der Waals surface area contributed by atoms with Crippen LogP contribution in [0.4, 0.5) is 13.2 Å². The highest BCUT2D eigenvalue weighted by Crippen LogP contribution is 2.31. The van der Waals surface area contributed by atoms with Crippen molar-refractivity contribution in [1.29, 1.82) is 0 Å². The summed E-state index contributed by atoms with van der Waals surface area (Å²) in [6.07, 6.45) is -2.85.